The first-order valence-corrected chi connectivity index (χ1v) is 8.21. The maximum Gasteiger partial charge on any atom is 0.250 e. The standard InChI is InChI=1S/C18H28N2O2/c1-12(2)14-5-7-15(8-6-14)17(13(3)4)20-18(21)16-11-19-9-10-22-16/h5-8,12-13,16-17,19H,9-11H2,1-4H3,(H,20,21). The SMILES string of the molecule is CC(C)c1ccc(C(NC(=O)C2CNCCO2)C(C)C)cc1. The zero-order valence-corrected chi connectivity index (χ0v) is 14.1. The Morgan fingerprint density at radius 3 is 2.32 bits per heavy atom. The lowest BCUT2D eigenvalue weighted by molar-refractivity contribution is -0.135. The zero-order valence-electron chi connectivity index (χ0n) is 14.1. The van der Waals surface area contributed by atoms with Crippen molar-refractivity contribution in [3.8, 4) is 0 Å². The maximum absolute atomic E-state index is 12.4. The minimum atomic E-state index is -0.384. The van der Waals surface area contributed by atoms with Crippen LogP contribution in [0.5, 0.6) is 0 Å². The number of benzene rings is 1. The van der Waals surface area contributed by atoms with Gasteiger partial charge in [-0.3, -0.25) is 4.79 Å². The second-order valence-corrected chi connectivity index (χ2v) is 6.62. The summed E-state index contributed by atoms with van der Waals surface area (Å²) in [6.07, 6.45) is -0.384. The first-order chi connectivity index (χ1) is 10.5. The summed E-state index contributed by atoms with van der Waals surface area (Å²) in [6, 6.07) is 8.57. The van der Waals surface area contributed by atoms with Gasteiger partial charge in [-0.25, -0.2) is 0 Å². The molecule has 2 rings (SSSR count). The summed E-state index contributed by atoms with van der Waals surface area (Å²) in [4.78, 5) is 12.4. The number of hydrogen-bond donors (Lipinski definition) is 2. The number of amides is 1. The van der Waals surface area contributed by atoms with Crippen LogP contribution in [0.15, 0.2) is 24.3 Å². The molecule has 1 aliphatic heterocycles. The first kappa shape index (κ1) is 17.0. The van der Waals surface area contributed by atoms with E-state index in [-0.39, 0.29) is 18.1 Å². The van der Waals surface area contributed by atoms with Crippen LogP contribution in [0.25, 0.3) is 0 Å². The van der Waals surface area contributed by atoms with Crippen molar-refractivity contribution in [2.45, 2.75) is 45.8 Å². The van der Waals surface area contributed by atoms with Gasteiger partial charge in [0, 0.05) is 13.1 Å². The van der Waals surface area contributed by atoms with Crippen molar-refractivity contribution in [1.82, 2.24) is 10.6 Å². The molecule has 0 saturated carbocycles. The van der Waals surface area contributed by atoms with E-state index in [1.807, 2.05) is 0 Å². The fourth-order valence-electron chi connectivity index (χ4n) is 2.70. The number of hydrogen-bond acceptors (Lipinski definition) is 3. The van der Waals surface area contributed by atoms with E-state index in [1.165, 1.54) is 5.56 Å². The van der Waals surface area contributed by atoms with Gasteiger partial charge in [0.1, 0.15) is 6.10 Å². The van der Waals surface area contributed by atoms with Gasteiger partial charge in [-0.15, -0.1) is 0 Å². The van der Waals surface area contributed by atoms with Crippen LogP contribution >= 0.6 is 0 Å². The van der Waals surface area contributed by atoms with Gasteiger partial charge in [0.15, 0.2) is 0 Å². The molecule has 22 heavy (non-hydrogen) atoms. The Bertz CT molecular complexity index is 476. The van der Waals surface area contributed by atoms with Crippen LogP contribution in [-0.2, 0) is 9.53 Å². The molecule has 122 valence electrons. The third-order valence-corrected chi connectivity index (χ3v) is 4.15. The van der Waals surface area contributed by atoms with Crippen molar-refractivity contribution in [1.29, 1.82) is 0 Å². The van der Waals surface area contributed by atoms with Crippen LogP contribution in [0.1, 0.15) is 50.8 Å². The van der Waals surface area contributed by atoms with Crippen LogP contribution in [0.2, 0.25) is 0 Å². The minimum Gasteiger partial charge on any atom is -0.366 e. The number of nitrogens with one attached hydrogen (secondary N) is 2. The molecule has 4 nitrogen and oxygen atoms in total. The highest BCUT2D eigenvalue weighted by Gasteiger charge is 2.26. The quantitative estimate of drug-likeness (QED) is 0.879. The molecular weight excluding hydrogens is 276 g/mol. The van der Waals surface area contributed by atoms with Crippen LogP contribution in [0.4, 0.5) is 0 Å². The largest absolute Gasteiger partial charge is 0.366 e. The lowest BCUT2D eigenvalue weighted by atomic mass is 9.93. The number of carbonyl (C=O) groups is 1. The third-order valence-electron chi connectivity index (χ3n) is 4.15. The van der Waals surface area contributed by atoms with Crippen molar-refractivity contribution in [3.63, 3.8) is 0 Å². The summed E-state index contributed by atoms with van der Waals surface area (Å²) in [5.74, 6) is 0.812. The van der Waals surface area contributed by atoms with E-state index < -0.39 is 0 Å². The Hall–Kier alpha value is -1.39. The molecule has 1 aromatic carbocycles. The molecule has 0 aromatic heterocycles. The molecule has 2 unspecified atom stereocenters. The molecule has 1 aliphatic rings. The van der Waals surface area contributed by atoms with Gasteiger partial charge >= 0.3 is 0 Å². The average Bonchev–Trinajstić information content (AvgIpc) is 2.53. The molecule has 1 aromatic rings. The normalized spacial score (nSPS) is 20.2. The summed E-state index contributed by atoms with van der Waals surface area (Å²) in [7, 11) is 0. The topological polar surface area (TPSA) is 50.4 Å². The Labute approximate surface area is 133 Å². The van der Waals surface area contributed by atoms with E-state index in [4.69, 9.17) is 4.74 Å². The highest BCUT2D eigenvalue weighted by Crippen LogP contribution is 2.24. The summed E-state index contributed by atoms with van der Waals surface area (Å²) < 4.78 is 5.53. The van der Waals surface area contributed by atoms with Gasteiger partial charge in [0.05, 0.1) is 12.6 Å². The fraction of sp³-hybridized carbons (Fsp3) is 0.611. The van der Waals surface area contributed by atoms with Crippen LogP contribution in [-0.4, -0.2) is 31.7 Å². The summed E-state index contributed by atoms with van der Waals surface area (Å²) in [6.45, 7) is 10.6. The molecule has 2 N–H and O–H groups in total. The van der Waals surface area contributed by atoms with E-state index in [0.717, 1.165) is 12.1 Å². The van der Waals surface area contributed by atoms with Gasteiger partial charge < -0.3 is 15.4 Å². The van der Waals surface area contributed by atoms with Crippen LogP contribution in [0.3, 0.4) is 0 Å². The molecule has 1 amide bonds. The summed E-state index contributed by atoms with van der Waals surface area (Å²) in [5, 5.41) is 6.34. The van der Waals surface area contributed by atoms with Crippen LogP contribution in [0, 0.1) is 5.92 Å². The second kappa shape index (κ2) is 7.75. The second-order valence-electron chi connectivity index (χ2n) is 6.62. The molecule has 2 atom stereocenters. The molecule has 0 spiro atoms. The maximum atomic E-state index is 12.4. The summed E-state index contributed by atoms with van der Waals surface area (Å²) >= 11 is 0. The lowest BCUT2D eigenvalue weighted by Gasteiger charge is -2.28. The smallest absolute Gasteiger partial charge is 0.250 e. The average molecular weight is 304 g/mol. The minimum absolute atomic E-state index is 0.0132. The Morgan fingerprint density at radius 2 is 1.82 bits per heavy atom. The molecule has 1 heterocycles. The van der Waals surface area contributed by atoms with Gasteiger partial charge in [-0.05, 0) is 23.0 Å². The zero-order chi connectivity index (χ0) is 16.1. The Kier molecular flexibility index (Phi) is 5.98. The monoisotopic (exact) mass is 304 g/mol. The number of rotatable bonds is 5. The predicted molar refractivity (Wildman–Crippen MR) is 88.9 cm³/mol. The van der Waals surface area contributed by atoms with Gasteiger partial charge in [0.2, 0.25) is 0 Å². The lowest BCUT2D eigenvalue weighted by Crippen LogP contribution is -2.49. The van der Waals surface area contributed by atoms with E-state index in [2.05, 4.69) is 62.6 Å². The molecule has 0 bridgehead atoms. The Balaban J connectivity index is 2.07. The first-order valence-electron chi connectivity index (χ1n) is 8.21. The Morgan fingerprint density at radius 1 is 1.18 bits per heavy atom. The molecule has 0 aliphatic carbocycles. The number of carbonyl (C=O) groups excluding carboxylic acids is 1. The number of morpholine rings is 1. The van der Waals surface area contributed by atoms with Crippen molar-refractivity contribution in [3.05, 3.63) is 35.4 Å². The van der Waals surface area contributed by atoms with Gasteiger partial charge in [-0.1, -0.05) is 52.0 Å². The fourth-order valence-corrected chi connectivity index (χ4v) is 2.70. The van der Waals surface area contributed by atoms with E-state index in [0.29, 0.717) is 25.0 Å². The highest BCUT2D eigenvalue weighted by atomic mass is 16.5. The molecule has 0 radical (unpaired) electrons. The highest BCUT2D eigenvalue weighted by molar-refractivity contribution is 5.81. The van der Waals surface area contributed by atoms with Crippen molar-refractivity contribution in [2.24, 2.45) is 5.92 Å². The predicted octanol–water partition coefficient (Wildman–Crippen LogP) is 2.61. The van der Waals surface area contributed by atoms with E-state index in [9.17, 15) is 4.79 Å². The summed E-state index contributed by atoms with van der Waals surface area (Å²) in [5.41, 5.74) is 2.47. The van der Waals surface area contributed by atoms with Crippen molar-refractivity contribution >= 4 is 5.91 Å². The molecule has 4 heteroatoms. The number of ether oxygens (including phenoxy) is 1. The van der Waals surface area contributed by atoms with E-state index >= 15 is 0 Å². The van der Waals surface area contributed by atoms with Gasteiger partial charge in [0.25, 0.3) is 5.91 Å². The third kappa shape index (κ3) is 4.31. The molecule has 1 fully saturated rings. The van der Waals surface area contributed by atoms with Crippen molar-refractivity contribution < 1.29 is 9.53 Å². The van der Waals surface area contributed by atoms with Crippen LogP contribution < -0.4 is 10.6 Å². The van der Waals surface area contributed by atoms with Gasteiger partial charge in [-0.2, -0.15) is 0 Å². The molecular formula is C18H28N2O2. The van der Waals surface area contributed by atoms with E-state index in [1.54, 1.807) is 0 Å². The molecule has 1 saturated heterocycles. The van der Waals surface area contributed by atoms with Crippen molar-refractivity contribution in [2.75, 3.05) is 19.7 Å².